The van der Waals surface area contributed by atoms with Crippen LogP contribution in [0, 0.1) is 16.5 Å². The van der Waals surface area contributed by atoms with Gasteiger partial charge in [-0.15, -0.1) is 0 Å². The summed E-state index contributed by atoms with van der Waals surface area (Å²) in [4.78, 5) is 5.64. The van der Waals surface area contributed by atoms with Crippen LogP contribution >= 0.6 is 12.2 Å². The van der Waals surface area contributed by atoms with E-state index in [4.69, 9.17) is 12.2 Å². The molecule has 2 heterocycles. The van der Waals surface area contributed by atoms with E-state index in [0.29, 0.717) is 10.7 Å². The highest BCUT2D eigenvalue weighted by molar-refractivity contribution is 7.71. The second-order valence-corrected chi connectivity index (χ2v) is 5.97. The summed E-state index contributed by atoms with van der Waals surface area (Å²) in [5, 5.41) is 0. The first-order valence-corrected chi connectivity index (χ1v) is 7.68. The Hall–Kier alpha value is -1.20. The Morgan fingerprint density at radius 1 is 1.35 bits per heavy atom. The molecule has 20 heavy (non-hydrogen) atoms. The highest BCUT2D eigenvalue weighted by atomic mass is 32.1. The number of halogens is 1. The molecule has 0 atom stereocenters. The van der Waals surface area contributed by atoms with Crippen LogP contribution in [0.15, 0.2) is 18.2 Å². The first-order chi connectivity index (χ1) is 9.67. The average Bonchev–Trinajstić information content (AvgIpc) is 2.76. The lowest BCUT2D eigenvalue weighted by atomic mass is 9.97. The molecular weight excluding hydrogens is 273 g/mol. The van der Waals surface area contributed by atoms with E-state index in [1.54, 1.807) is 12.1 Å². The molecule has 0 unspecified atom stereocenters. The van der Waals surface area contributed by atoms with Gasteiger partial charge in [0.05, 0.1) is 11.0 Å². The van der Waals surface area contributed by atoms with Crippen molar-refractivity contribution >= 4 is 23.3 Å². The standard InChI is InChI=1S/C15H20FN3S/c1-2-18-7-5-11(6-8-18)10-19-14-9-12(16)3-4-13(14)17-15(19)20/h3-4,9,11H,2,5-8,10H2,1H3,(H,17,20). The number of piperidine rings is 1. The van der Waals surface area contributed by atoms with Crippen LogP contribution in [0.4, 0.5) is 4.39 Å². The predicted octanol–water partition coefficient (Wildman–Crippen LogP) is 3.57. The number of nitrogens with zero attached hydrogens (tertiary/aromatic N) is 2. The Bertz CT molecular complexity index is 653. The molecular formula is C15H20FN3S. The number of fused-ring (bicyclic) bond motifs is 1. The fraction of sp³-hybridized carbons (Fsp3) is 0.533. The van der Waals surface area contributed by atoms with E-state index in [1.807, 2.05) is 0 Å². The van der Waals surface area contributed by atoms with E-state index in [-0.39, 0.29) is 5.82 Å². The second kappa shape index (κ2) is 5.66. The first kappa shape index (κ1) is 13.8. The minimum absolute atomic E-state index is 0.207. The summed E-state index contributed by atoms with van der Waals surface area (Å²) in [5.74, 6) is 0.424. The van der Waals surface area contributed by atoms with E-state index < -0.39 is 0 Å². The molecule has 1 aliphatic rings. The summed E-state index contributed by atoms with van der Waals surface area (Å²) in [6.45, 7) is 6.54. The van der Waals surface area contributed by atoms with Crippen molar-refractivity contribution in [1.82, 2.24) is 14.5 Å². The molecule has 3 rings (SSSR count). The number of rotatable bonds is 3. The lowest BCUT2D eigenvalue weighted by molar-refractivity contribution is 0.181. The fourth-order valence-corrected chi connectivity index (χ4v) is 3.33. The van der Waals surface area contributed by atoms with Crippen LogP contribution in [0.2, 0.25) is 0 Å². The van der Waals surface area contributed by atoms with Crippen LogP contribution in [0.25, 0.3) is 11.0 Å². The van der Waals surface area contributed by atoms with Crippen LogP contribution in [0.1, 0.15) is 19.8 Å². The van der Waals surface area contributed by atoms with E-state index in [1.165, 1.54) is 18.9 Å². The van der Waals surface area contributed by atoms with Gasteiger partial charge in [0.2, 0.25) is 0 Å². The topological polar surface area (TPSA) is 24.0 Å². The molecule has 1 fully saturated rings. The van der Waals surface area contributed by atoms with Gasteiger partial charge in [0.15, 0.2) is 4.77 Å². The Kier molecular flexibility index (Phi) is 3.89. The van der Waals surface area contributed by atoms with Crippen LogP contribution in [-0.4, -0.2) is 34.1 Å². The predicted molar refractivity (Wildman–Crippen MR) is 81.9 cm³/mol. The lowest BCUT2D eigenvalue weighted by Crippen LogP contribution is -2.34. The molecule has 0 spiro atoms. The molecule has 0 aliphatic carbocycles. The van der Waals surface area contributed by atoms with Crippen LogP contribution < -0.4 is 0 Å². The van der Waals surface area contributed by atoms with Crippen LogP contribution in [0.3, 0.4) is 0 Å². The molecule has 1 aromatic carbocycles. The number of benzene rings is 1. The van der Waals surface area contributed by atoms with Gasteiger partial charge in [-0.3, -0.25) is 0 Å². The third-order valence-electron chi connectivity index (χ3n) is 4.33. The van der Waals surface area contributed by atoms with Crippen molar-refractivity contribution in [1.29, 1.82) is 0 Å². The van der Waals surface area contributed by atoms with Crippen molar-refractivity contribution in [3.05, 3.63) is 28.8 Å². The number of aromatic nitrogens is 2. The van der Waals surface area contributed by atoms with Crippen molar-refractivity contribution in [3.63, 3.8) is 0 Å². The van der Waals surface area contributed by atoms with Gasteiger partial charge in [-0.05, 0) is 68.8 Å². The molecule has 0 amide bonds. The number of H-pyrrole nitrogens is 1. The van der Waals surface area contributed by atoms with Crippen molar-refractivity contribution < 1.29 is 4.39 Å². The van der Waals surface area contributed by atoms with Crippen LogP contribution in [-0.2, 0) is 6.54 Å². The van der Waals surface area contributed by atoms with Gasteiger partial charge in [0.1, 0.15) is 5.82 Å². The maximum atomic E-state index is 13.4. The number of nitrogens with one attached hydrogen (secondary N) is 1. The molecule has 3 nitrogen and oxygen atoms in total. The zero-order valence-corrected chi connectivity index (χ0v) is 12.5. The molecule has 1 N–H and O–H groups in total. The zero-order chi connectivity index (χ0) is 14.1. The highest BCUT2D eigenvalue weighted by Gasteiger charge is 2.19. The van der Waals surface area contributed by atoms with E-state index in [2.05, 4.69) is 21.4 Å². The smallest absolute Gasteiger partial charge is 0.178 e. The number of aromatic amines is 1. The largest absolute Gasteiger partial charge is 0.331 e. The van der Waals surface area contributed by atoms with Crippen molar-refractivity contribution in [2.45, 2.75) is 26.3 Å². The zero-order valence-electron chi connectivity index (χ0n) is 11.7. The molecule has 1 aliphatic heterocycles. The number of likely N-dealkylation sites (tertiary alicyclic amines) is 1. The number of imidazole rings is 1. The Morgan fingerprint density at radius 3 is 2.80 bits per heavy atom. The normalized spacial score (nSPS) is 17.9. The lowest BCUT2D eigenvalue weighted by Gasteiger charge is -2.31. The Balaban J connectivity index is 1.82. The average molecular weight is 293 g/mol. The first-order valence-electron chi connectivity index (χ1n) is 7.28. The molecule has 5 heteroatoms. The van der Waals surface area contributed by atoms with Crippen molar-refractivity contribution in [3.8, 4) is 0 Å². The summed E-state index contributed by atoms with van der Waals surface area (Å²) < 4.78 is 16.2. The third kappa shape index (κ3) is 2.65. The fourth-order valence-electron chi connectivity index (χ4n) is 3.05. The van der Waals surface area contributed by atoms with Gasteiger partial charge in [-0.2, -0.15) is 0 Å². The van der Waals surface area contributed by atoms with Crippen molar-refractivity contribution in [2.24, 2.45) is 5.92 Å². The second-order valence-electron chi connectivity index (χ2n) is 5.58. The Morgan fingerprint density at radius 2 is 2.10 bits per heavy atom. The van der Waals surface area contributed by atoms with Gasteiger partial charge in [0.25, 0.3) is 0 Å². The highest BCUT2D eigenvalue weighted by Crippen LogP contribution is 2.22. The summed E-state index contributed by atoms with van der Waals surface area (Å²) >= 11 is 5.39. The summed E-state index contributed by atoms with van der Waals surface area (Å²) in [7, 11) is 0. The molecule has 0 saturated carbocycles. The van der Waals surface area contributed by atoms with E-state index in [0.717, 1.165) is 37.2 Å². The minimum atomic E-state index is -0.207. The third-order valence-corrected chi connectivity index (χ3v) is 4.65. The van der Waals surface area contributed by atoms with E-state index >= 15 is 0 Å². The Labute approximate surface area is 123 Å². The van der Waals surface area contributed by atoms with Gasteiger partial charge in [-0.25, -0.2) is 4.39 Å². The SMILES string of the molecule is CCN1CCC(Cn2c(=S)[nH]c3ccc(F)cc32)CC1. The molecule has 0 bridgehead atoms. The minimum Gasteiger partial charge on any atom is -0.331 e. The van der Waals surface area contributed by atoms with Gasteiger partial charge < -0.3 is 14.5 Å². The number of hydrogen-bond acceptors (Lipinski definition) is 2. The van der Waals surface area contributed by atoms with Gasteiger partial charge >= 0.3 is 0 Å². The number of hydrogen-bond donors (Lipinski definition) is 1. The summed E-state index contributed by atoms with van der Waals surface area (Å²) in [6.07, 6.45) is 2.38. The maximum Gasteiger partial charge on any atom is 0.178 e. The molecule has 1 aromatic heterocycles. The summed E-state index contributed by atoms with van der Waals surface area (Å²) in [5.41, 5.74) is 1.80. The molecule has 0 radical (unpaired) electrons. The molecule has 108 valence electrons. The van der Waals surface area contributed by atoms with Crippen molar-refractivity contribution in [2.75, 3.05) is 19.6 Å². The summed E-state index contributed by atoms with van der Waals surface area (Å²) in [6, 6.07) is 4.80. The van der Waals surface area contributed by atoms with Gasteiger partial charge in [-0.1, -0.05) is 6.92 Å². The monoisotopic (exact) mass is 293 g/mol. The van der Waals surface area contributed by atoms with Gasteiger partial charge in [0, 0.05) is 6.54 Å². The quantitative estimate of drug-likeness (QED) is 0.875. The molecule has 2 aromatic rings. The van der Waals surface area contributed by atoms with E-state index in [9.17, 15) is 4.39 Å². The molecule has 1 saturated heterocycles. The maximum absolute atomic E-state index is 13.4. The van der Waals surface area contributed by atoms with Crippen LogP contribution in [0.5, 0.6) is 0 Å².